The van der Waals surface area contributed by atoms with Crippen LogP contribution in [-0.4, -0.2) is 12.5 Å². The van der Waals surface area contributed by atoms with Gasteiger partial charge in [-0.2, -0.15) is 0 Å². The van der Waals surface area contributed by atoms with Crippen LogP contribution in [-0.2, 0) is 4.79 Å². The lowest BCUT2D eigenvalue weighted by molar-refractivity contribution is -0.682. The Hall–Kier alpha value is -1.62. The second-order valence-electron chi connectivity index (χ2n) is 4.95. The lowest BCUT2D eigenvalue weighted by atomic mass is 10.1. The van der Waals surface area contributed by atoms with E-state index in [4.69, 9.17) is 23.2 Å². The summed E-state index contributed by atoms with van der Waals surface area (Å²) in [6.45, 7) is 2.17. The largest absolute Gasteiger partial charge is 0.333 e. The predicted molar refractivity (Wildman–Crippen MR) is 86.7 cm³/mol. The van der Waals surface area contributed by atoms with Gasteiger partial charge in [0.2, 0.25) is 0 Å². The number of anilines is 1. The first-order valence-electron chi connectivity index (χ1n) is 6.79. The van der Waals surface area contributed by atoms with Gasteiger partial charge in [0.15, 0.2) is 6.54 Å². The highest BCUT2D eigenvalue weighted by atomic mass is 35.5. The molecule has 0 aliphatic carbocycles. The molecule has 0 fully saturated rings. The van der Waals surface area contributed by atoms with E-state index in [0.717, 1.165) is 11.6 Å². The van der Waals surface area contributed by atoms with E-state index in [9.17, 15) is 9.18 Å². The Kier molecular flexibility index (Phi) is 5.77. The first kappa shape index (κ1) is 16.7. The monoisotopic (exact) mass is 341 g/mol. The van der Waals surface area contributed by atoms with Crippen molar-refractivity contribution in [3.63, 3.8) is 0 Å². The van der Waals surface area contributed by atoms with Gasteiger partial charge in [-0.15, -0.1) is 0 Å². The molecule has 0 spiro atoms. The molecule has 116 valence electrons. The van der Waals surface area contributed by atoms with Crippen LogP contribution in [0.25, 0.3) is 0 Å². The standard InChI is InChI=1S/C16H15Cl2FN2O/c1-10(11-2-4-12(17)5-3-11)20-9-16(22)21-15-7-6-13(18)8-14(15)19/h2-8,10,20H,9H2,1H3,(H,21,22)/p+1/t10-/m1/s1. The van der Waals surface area contributed by atoms with Crippen LogP contribution in [0, 0.1) is 5.82 Å². The third-order valence-electron chi connectivity index (χ3n) is 3.26. The van der Waals surface area contributed by atoms with Crippen LogP contribution in [0.5, 0.6) is 0 Å². The molecule has 3 N–H and O–H groups in total. The lowest BCUT2D eigenvalue weighted by Crippen LogP contribution is -2.86. The molecular weight excluding hydrogens is 326 g/mol. The van der Waals surface area contributed by atoms with Crippen LogP contribution in [0.1, 0.15) is 18.5 Å². The number of nitrogens with one attached hydrogen (secondary N) is 1. The van der Waals surface area contributed by atoms with Crippen molar-refractivity contribution in [1.82, 2.24) is 0 Å². The predicted octanol–water partition coefficient (Wildman–Crippen LogP) is 3.40. The molecular formula is C16H16Cl2FN2O+. The third kappa shape index (κ3) is 4.70. The van der Waals surface area contributed by atoms with E-state index >= 15 is 0 Å². The SMILES string of the molecule is C[C@@H]([NH2+]CC(=O)Nc1ccc(Cl)cc1F)c1ccc(Cl)cc1. The molecule has 1 atom stereocenters. The Labute approximate surface area is 138 Å². The van der Waals surface area contributed by atoms with Crippen molar-refractivity contribution in [3.8, 4) is 0 Å². The van der Waals surface area contributed by atoms with E-state index in [1.807, 2.05) is 36.5 Å². The molecule has 0 bridgehead atoms. The highest BCUT2D eigenvalue weighted by Crippen LogP contribution is 2.18. The third-order valence-corrected chi connectivity index (χ3v) is 3.74. The van der Waals surface area contributed by atoms with Crippen molar-refractivity contribution in [1.29, 1.82) is 0 Å². The highest BCUT2D eigenvalue weighted by Gasteiger charge is 2.13. The summed E-state index contributed by atoms with van der Waals surface area (Å²) in [4.78, 5) is 11.9. The van der Waals surface area contributed by atoms with E-state index in [0.29, 0.717) is 10.0 Å². The van der Waals surface area contributed by atoms with Crippen molar-refractivity contribution < 1.29 is 14.5 Å². The molecule has 1 amide bonds. The lowest BCUT2D eigenvalue weighted by Gasteiger charge is -2.11. The van der Waals surface area contributed by atoms with Gasteiger partial charge >= 0.3 is 0 Å². The molecule has 0 saturated carbocycles. The van der Waals surface area contributed by atoms with Gasteiger partial charge in [0.05, 0.1) is 5.69 Å². The van der Waals surface area contributed by atoms with Crippen LogP contribution in [0.3, 0.4) is 0 Å². The minimum Gasteiger partial charge on any atom is -0.333 e. The quantitative estimate of drug-likeness (QED) is 0.860. The van der Waals surface area contributed by atoms with Crippen molar-refractivity contribution >= 4 is 34.8 Å². The Balaban J connectivity index is 1.88. The van der Waals surface area contributed by atoms with Crippen molar-refractivity contribution in [2.45, 2.75) is 13.0 Å². The molecule has 0 radical (unpaired) electrons. The second-order valence-corrected chi connectivity index (χ2v) is 5.83. The number of hydrogen-bond acceptors (Lipinski definition) is 1. The van der Waals surface area contributed by atoms with Gasteiger partial charge in [-0.1, -0.05) is 35.3 Å². The number of nitrogens with two attached hydrogens (primary N) is 1. The van der Waals surface area contributed by atoms with E-state index in [1.165, 1.54) is 12.1 Å². The Bertz CT molecular complexity index is 662. The normalized spacial score (nSPS) is 12.0. The average molecular weight is 342 g/mol. The number of quaternary nitrogens is 1. The smallest absolute Gasteiger partial charge is 0.279 e. The van der Waals surface area contributed by atoms with Crippen LogP contribution in [0.15, 0.2) is 42.5 Å². The van der Waals surface area contributed by atoms with Crippen LogP contribution < -0.4 is 10.6 Å². The summed E-state index contributed by atoms with van der Waals surface area (Å²) >= 11 is 11.5. The molecule has 2 rings (SSSR count). The molecule has 2 aromatic carbocycles. The number of rotatable bonds is 5. The molecule has 22 heavy (non-hydrogen) atoms. The summed E-state index contributed by atoms with van der Waals surface area (Å²) < 4.78 is 13.6. The van der Waals surface area contributed by atoms with E-state index < -0.39 is 5.82 Å². The number of halogens is 3. The fraction of sp³-hybridized carbons (Fsp3) is 0.188. The van der Waals surface area contributed by atoms with Gasteiger partial charge in [-0.05, 0) is 37.3 Å². The van der Waals surface area contributed by atoms with E-state index in [2.05, 4.69) is 5.32 Å². The zero-order valence-electron chi connectivity index (χ0n) is 11.9. The maximum Gasteiger partial charge on any atom is 0.279 e. The fourth-order valence-corrected chi connectivity index (χ4v) is 2.26. The minimum absolute atomic E-state index is 0.0954. The first-order valence-corrected chi connectivity index (χ1v) is 7.55. The summed E-state index contributed by atoms with van der Waals surface area (Å²) in [5, 5.41) is 5.36. The molecule has 0 heterocycles. The zero-order valence-corrected chi connectivity index (χ0v) is 13.5. The maximum atomic E-state index is 13.6. The van der Waals surface area contributed by atoms with Crippen molar-refractivity contribution in [3.05, 3.63) is 63.9 Å². The molecule has 2 aromatic rings. The summed E-state index contributed by atoms with van der Waals surface area (Å²) in [6.07, 6.45) is 0. The van der Waals surface area contributed by atoms with Gasteiger partial charge in [0, 0.05) is 15.6 Å². The van der Waals surface area contributed by atoms with Crippen LogP contribution >= 0.6 is 23.2 Å². The fourth-order valence-electron chi connectivity index (χ4n) is 1.98. The maximum absolute atomic E-state index is 13.6. The Morgan fingerprint density at radius 2 is 1.82 bits per heavy atom. The Morgan fingerprint density at radius 3 is 2.45 bits per heavy atom. The Morgan fingerprint density at radius 1 is 1.18 bits per heavy atom. The molecule has 0 aliphatic rings. The number of amides is 1. The number of benzene rings is 2. The van der Waals surface area contributed by atoms with Crippen molar-refractivity contribution in [2.24, 2.45) is 0 Å². The van der Waals surface area contributed by atoms with E-state index in [1.54, 1.807) is 0 Å². The molecule has 0 aromatic heterocycles. The molecule has 0 saturated heterocycles. The van der Waals surface area contributed by atoms with Gasteiger partial charge in [0.25, 0.3) is 5.91 Å². The molecule has 6 heteroatoms. The van der Waals surface area contributed by atoms with Crippen molar-refractivity contribution in [2.75, 3.05) is 11.9 Å². The van der Waals surface area contributed by atoms with Gasteiger partial charge in [-0.25, -0.2) is 4.39 Å². The first-order chi connectivity index (χ1) is 10.5. The summed E-state index contributed by atoms with van der Waals surface area (Å²) in [7, 11) is 0. The summed E-state index contributed by atoms with van der Waals surface area (Å²) in [5.74, 6) is -0.825. The second kappa shape index (κ2) is 7.58. The topological polar surface area (TPSA) is 45.7 Å². The highest BCUT2D eigenvalue weighted by molar-refractivity contribution is 6.30. The minimum atomic E-state index is -0.549. The molecule has 3 nitrogen and oxygen atoms in total. The van der Waals surface area contributed by atoms with Gasteiger partial charge in [-0.3, -0.25) is 4.79 Å². The number of hydrogen-bond donors (Lipinski definition) is 2. The van der Waals surface area contributed by atoms with Crippen LogP contribution in [0.4, 0.5) is 10.1 Å². The summed E-state index contributed by atoms with van der Waals surface area (Å²) in [6, 6.07) is 11.7. The van der Waals surface area contributed by atoms with Gasteiger partial charge in [0.1, 0.15) is 11.9 Å². The summed E-state index contributed by atoms with van der Waals surface area (Å²) in [5.41, 5.74) is 1.19. The average Bonchev–Trinajstić information content (AvgIpc) is 2.48. The number of carbonyl (C=O) groups excluding carboxylic acids is 1. The van der Waals surface area contributed by atoms with Crippen LogP contribution in [0.2, 0.25) is 10.0 Å². The molecule has 0 aliphatic heterocycles. The van der Waals surface area contributed by atoms with Gasteiger partial charge < -0.3 is 10.6 Å². The molecule has 0 unspecified atom stereocenters. The zero-order chi connectivity index (χ0) is 16.1. The number of carbonyl (C=O) groups is 1. The van der Waals surface area contributed by atoms with E-state index in [-0.39, 0.29) is 24.2 Å².